The highest BCUT2D eigenvalue weighted by molar-refractivity contribution is 5.55. The van der Waals surface area contributed by atoms with Crippen LogP contribution < -0.4 is 4.74 Å². The first-order valence-corrected chi connectivity index (χ1v) is 6.72. The Morgan fingerprint density at radius 1 is 1.29 bits per heavy atom. The van der Waals surface area contributed by atoms with E-state index >= 15 is 0 Å². The smallest absolute Gasteiger partial charge is 0.230 e. The van der Waals surface area contributed by atoms with E-state index in [9.17, 15) is 0 Å². The zero-order valence-electron chi connectivity index (χ0n) is 11.4. The summed E-state index contributed by atoms with van der Waals surface area (Å²) in [7, 11) is 1.58. The number of hydrogen-bond donors (Lipinski definition) is 0. The van der Waals surface area contributed by atoms with E-state index in [1.807, 2.05) is 18.2 Å². The largest absolute Gasteiger partial charge is 0.481 e. The molecule has 0 amide bonds. The van der Waals surface area contributed by atoms with E-state index < -0.39 is 0 Å². The number of methoxy groups -OCH3 is 1. The second-order valence-electron chi connectivity index (χ2n) is 5.01. The van der Waals surface area contributed by atoms with Gasteiger partial charge < -0.3 is 13.7 Å². The minimum absolute atomic E-state index is 0.251. The van der Waals surface area contributed by atoms with Crippen LogP contribution in [0.4, 0.5) is 0 Å². The third-order valence-corrected chi connectivity index (χ3v) is 3.66. The molecule has 3 aromatic rings. The molecule has 0 spiro atoms. The van der Waals surface area contributed by atoms with Gasteiger partial charge in [0.2, 0.25) is 17.6 Å². The van der Waals surface area contributed by atoms with Gasteiger partial charge in [-0.3, -0.25) is 0 Å². The second kappa shape index (κ2) is 4.73. The number of nitrogens with zero attached hydrogens (tertiary/aromatic N) is 3. The Kier molecular flexibility index (Phi) is 2.73. The van der Waals surface area contributed by atoms with Crippen molar-refractivity contribution in [1.82, 2.24) is 15.1 Å². The molecule has 1 fully saturated rings. The number of aromatic nitrogens is 3. The Bertz CT molecular complexity index is 751. The molecule has 6 nitrogen and oxygen atoms in total. The van der Waals surface area contributed by atoms with Crippen molar-refractivity contribution in [3.8, 4) is 17.3 Å². The van der Waals surface area contributed by atoms with Gasteiger partial charge in [0.1, 0.15) is 5.76 Å². The molecule has 21 heavy (non-hydrogen) atoms. The Morgan fingerprint density at radius 2 is 2.24 bits per heavy atom. The van der Waals surface area contributed by atoms with Crippen LogP contribution in [0.25, 0.3) is 11.4 Å². The molecule has 0 aliphatic heterocycles. The molecule has 0 N–H and O–H groups in total. The minimum Gasteiger partial charge on any atom is -0.481 e. The lowest BCUT2D eigenvalue weighted by molar-refractivity contribution is 0.376. The quantitative estimate of drug-likeness (QED) is 0.732. The summed E-state index contributed by atoms with van der Waals surface area (Å²) in [6, 6.07) is 7.49. The van der Waals surface area contributed by atoms with Gasteiger partial charge in [0.25, 0.3) is 0 Å². The van der Waals surface area contributed by atoms with Gasteiger partial charge in [-0.25, -0.2) is 4.98 Å². The fourth-order valence-corrected chi connectivity index (χ4v) is 2.45. The Labute approximate surface area is 120 Å². The molecule has 1 aliphatic carbocycles. The first-order valence-electron chi connectivity index (χ1n) is 6.72. The van der Waals surface area contributed by atoms with Crippen LogP contribution in [0.2, 0.25) is 0 Å². The van der Waals surface area contributed by atoms with Crippen LogP contribution in [0.5, 0.6) is 5.88 Å². The molecule has 0 saturated heterocycles. The number of furan rings is 1. The maximum absolute atomic E-state index is 5.42. The zero-order chi connectivity index (χ0) is 14.2. The summed E-state index contributed by atoms with van der Waals surface area (Å²) in [6.45, 7) is 0. The molecule has 1 saturated carbocycles. The first-order chi connectivity index (χ1) is 10.3. The molecule has 4 rings (SSSR count). The van der Waals surface area contributed by atoms with Gasteiger partial charge in [-0.2, -0.15) is 4.98 Å². The van der Waals surface area contributed by atoms with Gasteiger partial charge in [-0.15, -0.1) is 0 Å². The second-order valence-corrected chi connectivity index (χ2v) is 5.01. The molecule has 0 aromatic carbocycles. The van der Waals surface area contributed by atoms with E-state index in [-0.39, 0.29) is 5.92 Å². The van der Waals surface area contributed by atoms with Crippen molar-refractivity contribution in [2.24, 2.45) is 0 Å². The molecule has 3 aromatic heterocycles. The van der Waals surface area contributed by atoms with Crippen LogP contribution >= 0.6 is 0 Å². The van der Waals surface area contributed by atoms with Crippen LogP contribution in [0.3, 0.4) is 0 Å². The van der Waals surface area contributed by atoms with Crippen LogP contribution in [-0.4, -0.2) is 22.2 Å². The Morgan fingerprint density at radius 3 is 3.05 bits per heavy atom. The summed E-state index contributed by atoms with van der Waals surface area (Å²) < 4.78 is 15.9. The lowest BCUT2D eigenvalue weighted by Crippen LogP contribution is -1.89. The maximum atomic E-state index is 5.42. The monoisotopic (exact) mass is 283 g/mol. The Balaban J connectivity index is 1.56. The van der Waals surface area contributed by atoms with Crippen LogP contribution in [0.15, 0.2) is 45.7 Å². The van der Waals surface area contributed by atoms with E-state index in [0.717, 1.165) is 17.7 Å². The van der Waals surface area contributed by atoms with Gasteiger partial charge in [0.05, 0.1) is 13.4 Å². The van der Waals surface area contributed by atoms with Crippen molar-refractivity contribution >= 4 is 0 Å². The van der Waals surface area contributed by atoms with Crippen LogP contribution in [0, 0.1) is 0 Å². The fourth-order valence-electron chi connectivity index (χ4n) is 2.45. The SMILES string of the molecule is COc1cc(-c2noc(C3CC3c3ccco3)n2)ccn1. The van der Waals surface area contributed by atoms with Gasteiger partial charge in [0, 0.05) is 29.7 Å². The summed E-state index contributed by atoms with van der Waals surface area (Å²) in [5.41, 5.74) is 0.826. The number of hydrogen-bond acceptors (Lipinski definition) is 6. The van der Waals surface area contributed by atoms with Gasteiger partial charge >= 0.3 is 0 Å². The van der Waals surface area contributed by atoms with Crippen molar-refractivity contribution in [2.45, 2.75) is 18.3 Å². The van der Waals surface area contributed by atoms with E-state index in [2.05, 4.69) is 15.1 Å². The average molecular weight is 283 g/mol. The molecule has 106 valence electrons. The highest BCUT2D eigenvalue weighted by Gasteiger charge is 2.45. The van der Waals surface area contributed by atoms with Crippen LogP contribution in [0.1, 0.15) is 29.9 Å². The molecular formula is C15H13N3O3. The third kappa shape index (κ3) is 2.18. The van der Waals surface area contributed by atoms with E-state index in [1.54, 1.807) is 25.6 Å². The number of rotatable bonds is 4. The summed E-state index contributed by atoms with van der Waals surface area (Å²) in [6.07, 6.45) is 4.33. The third-order valence-electron chi connectivity index (χ3n) is 3.66. The van der Waals surface area contributed by atoms with Crippen molar-refractivity contribution in [1.29, 1.82) is 0 Å². The highest BCUT2D eigenvalue weighted by atomic mass is 16.5. The summed E-state index contributed by atoms with van der Waals surface area (Å²) in [5.74, 6) is 3.31. The predicted octanol–water partition coefficient (Wildman–Crippen LogP) is 3.00. The fraction of sp³-hybridized carbons (Fsp3) is 0.267. The number of pyridine rings is 1. The van der Waals surface area contributed by atoms with Crippen molar-refractivity contribution < 1.29 is 13.7 Å². The van der Waals surface area contributed by atoms with E-state index in [4.69, 9.17) is 13.7 Å². The van der Waals surface area contributed by atoms with Crippen LogP contribution in [-0.2, 0) is 0 Å². The topological polar surface area (TPSA) is 74.2 Å². The average Bonchev–Trinajstić information content (AvgIpc) is 2.97. The standard InChI is InChI=1S/C15H13N3O3/c1-19-13-7-9(4-5-16-13)14-17-15(21-18-14)11-8-10(11)12-3-2-6-20-12/h2-7,10-11H,8H2,1H3. The van der Waals surface area contributed by atoms with Crippen molar-refractivity contribution in [2.75, 3.05) is 7.11 Å². The van der Waals surface area contributed by atoms with E-state index in [1.165, 1.54) is 0 Å². The van der Waals surface area contributed by atoms with Gasteiger partial charge in [-0.1, -0.05) is 5.16 Å². The normalized spacial score (nSPS) is 20.4. The molecule has 0 bridgehead atoms. The predicted molar refractivity (Wildman–Crippen MR) is 72.9 cm³/mol. The summed E-state index contributed by atoms with van der Waals surface area (Å²) in [5, 5.41) is 4.04. The lowest BCUT2D eigenvalue weighted by atomic mass is 10.2. The molecule has 2 atom stereocenters. The first kappa shape index (κ1) is 12.1. The summed E-state index contributed by atoms with van der Waals surface area (Å²) in [4.78, 5) is 8.54. The molecule has 0 radical (unpaired) electrons. The van der Waals surface area contributed by atoms with Gasteiger partial charge in [-0.05, 0) is 24.6 Å². The molecule has 2 unspecified atom stereocenters. The van der Waals surface area contributed by atoms with Crippen molar-refractivity contribution in [3.05, 3.63) is 48.4 Å². The van der Waals surface area contributed by atoms with Gasteiger partial charge in [0.15, 0.2) is 0 Å². The lowest BCUT2D eigenvalue weighted by Gasteiger charge is -1.98. The van der Waals surface area contributed by atoms with E-state index in [0.29, 0.717) is 23.5 Å². The molecule has 3 heterocycles. The Hall–Kier alpha value is -2.63. The zero-order valence-corrected chi connectivity index (χ0v) is 11.4. The maximum Gasteiger partial charge on any atom is 0.230 e. The molecule has 1 aliphatic rings. The summed E-state index contributed by atoms with van der Waals surface area (Å²) >= 11 is 0. The highest BCUT2D eigenvalue weighted by Crippen LogP contribution is 2.54. The van der Waals surface area contributed by atoms with Crippen molar-refractivity contribution in [3.63, 3.8) is 0 Å². The molecular weight excluding hydrogens is 270 g/mol. The number of ether oxygens (including phenoxy) is 1. The molecule has 6 heteroatoms. The minimum atomic E-state index is 0.251.